The molecular formula is C15H16N2OS. The van der Waals surface area contributed by atoms with Gasteiger partial charge in [-0.05, 0) is 24.6 Å². The third-order valence-electron chi connectivity index (χ3n) is 2.64. The van der Waals surface area contributed by atoms with Crippen LogP contribution in [0.1, 0.15) is 12.5 Å². The molecule has 0 spiro atoms. The number of carbonyl (C=O) groups excluding carboxylic acids is 1. The lowest BCUT2D eigenvalue weighted by molar-refractivity contribution is -0.115. The number of pyridine rings is 1. The maximum atomic E-state index is 12.0. The number of hydrogen-bond acceptors (Lipinski definition) is 3. The van der Waals surface area contributed by atoms with Crippen molar-refractivity contribution in [2.75, 3.05) is 5.32 Å². The van der Waals surface area contributed by atoms with Gasteiger partial charge < -0.3 is 5.32 Å². The van der Waals surface area contributed by atoms with Crippen LogP contribution in [0.2, 0.25) is 0 Å². The molecule has 2 rings (SSSR count). The van der Waals surface area contributed by atoms with Crippen molar-refractivity contribution in [3.05, 3.63) is 60.4 Å². The van der Waals surface area contributed by atoms with Crippen molar-refractivity contribution in [1.82, 2.24) is 4.98 Å². The SMILES string of the molecule is C[C@@H](SCc1ccccc1)C(=O)Nc1cccnc1. The fourth-order valence-corrected chi connectivity index (χ4v) is 2.40. The van der Waals surface area contributed by atoms with Gasteiger partial charge in [0.15, 0.2) is 0 Å². The number of anilines is 1. The van der Waals surface area contributed by atoms with E-state index in [-0.39, 0.29) is 11.2 Å². The van der Waals surface area contributed by atoms with E-state index in [0.29, 0.717) is 0 Å². The molecule has 1 N–H and O–H groups in total. The van der Waals surface area contributed by atoms with Gasteiger partial charge in [-0.15, -0.1) is 11.8 Å². The van der Waals surface area contributed by atoms with E-state index in [1.807, 2.05) is 31.2 Å². The zero-order valence-electron chi connectivity index (χ0n) is 10.7. The summed E-state index contributed by atoms with van der Waals surface area (Å²) >= 11 is 1.62. The van der Waals surface area contributed by atoms with E-state index in [9.17, 15) is 4.79 Å². The van der Waals surface area contributed by atoms with Crippen LogP contribution < -0.4 is 5.32 Å². The Balaban J connectivity index is 1.83. The van der Waals surface area contributed by atoms with E-state index in [0.717, 1.165) is 11.4 Å². The number of rotatable bonds is 5. The maximum Gasteiger partial charge on any atom is 0.237 e. The Hall–Kier alpha value is -1.81. The second-order valence-corrected chi connectivity index (χ2v) is 5.50. The molecule has 4 heteroatoms. The van der Waals surface area contributed by atoms with Gasteiger partial charge >= 0.3 is 0 Å². The summed E-state index contributed by atoms with van der Waals surface area (Å²) in [6, 6.07) is 13.8. The van der Waals surface area contributed by atoms with Crippen LogP contribution in [0.3, 0.4) is 0 Å². The molecule has 1 heterocycles. The van der Waals surface area contributed by atoms with Gasteiger partial charge in [0.1, 0.15) is 0 Å². The van der Waals surface area contributed by atoms with Crippen LogP contribution in [-0.4, -0.2) is 16.1 Å². The maximum absolute atomic E-state index is 12.0. The number of nitrogens with one attached hydrogen (secondary N) is 1. The minimum Gasteiger partial charge on any atom is -0.324 e. The Morgan fingerprint density at radius 2 is 2.05 bits per heavy atom. The summed E-state index contributed by atoms with van der Waals surface area (Å²) in [4.78, 5) is 15.9. The van der Waals surface area contributed by atoms with E-state index in [1.165, 1.54) is 5.56 Å². The minimum absolute atomic E-state index is 0.00827. The number of amides is 1. The van der Waals surface area contributed by atoms with Crippen LogP contribution >= 0.6 is 11.8 Å². The lowest BCUT2D eigenvalue weighted by atomic mass is 10.2. The second kappa shape index (κ2) is 6.95. The number of aromatic nitrogens is 1. The summed E-state index contributed by atoms with van der Waals surface area (Å²) in [5.41, 5.74) is 1.97. The highest BCUT2D eigenvalue weighted by Crippen LogP contribution is 2.18. The molecule has 98 valence electrons. The normalized spacial score (nSPS) is 11.8. The van der Waals surface area contributed by atoms with Crippen molar-refractivity contribution in [3.8, 4) is 0 Å². The first-order valence-corrected chi connectivity index (χ1v) is 7.17. The summed E-state index contributed by atoms with van der Waals surface area (Å²) < 4.78 is 0. The topological polar surface area (TPSA) is 42.0 Å². The van der Waals surface area contributed by atoms with Gasteiger partial charge in [-0.2, -0.15) is 0 Å². The first-order chi connectivity index (χ1) is 9.25. The molecule has 19 heavy (non-hydrogen) atoms. The van der Waals surface area contributed by atoms with Gasteiger partial charge in [-0.3, -0.25) is 9.78 Å². The molecule has 0 bridgehead atoms. The van der Waals surface area contributed by atoms with Crippen LogP contribution in [0.25, 0.3) is 0 Å². The summed E-state index contributed by atoms with van der Waals surface area (Å²) in [7, 11) is 0. The lowest BCUT2D eigenvalue weighted by Crippen LogP contribution is -2.22. The Labute approximate surface area is 117 Å². The summed E-state index contributed by atoms with van der Waals surface area (Å²) in [5.74, 6) is 0.844. The van der Waals surface area contributed by atoms with Crippen molar-refractivity contribution >= 4 is 23.4 Å². The molecule has 1 aromatic carbocycles. The highest BCUT2D eigenvalue weighted by atomic mass is 32.2. The molecule has 0 unspecified atom stereocenters. The van der Waals surface area contributed by atoms with Gasteiger partial charge in [-0.1, -0.05) is 30.3 Å². The van der Waals surface area contributed by atoms with Crippen molar-refractivity contribution in [2.24, 2.45) is 0 Å². The molecule has 0 fully saturated rings. The van der Waals surface area contributed by atoms with Gasteiger partial charge in [0.05, 0.1) is 17.1 Å². The molecule has 0 saturated heterocycles. The largest absolute Gasteiger partial charge is 0.324 e. The van der Waals surface area contributed by atoms with Crippen LogP contribution in [0.4, 0.5) is 5.69 Å². The predicted octanol–water partition coefficient (Wildman–Crippen LogP) is 3.34. The Kier molecular flexibility index (Phi) is 4.98. The summed E-state index contributed by atoms with van der Waals surface area (Å²) in [6.07, 6.45) is 3.33. The first kappa shape index (κ1) is 13.6. The predicted molar refractivity (Wildman–Crippen MR) is 80.1 cm³/mol. The number of benzene rings is 1. The van der Waals surface area contributed by atoms with E-state index in [1.54, 1.807) is 30.2 Å². The van der Waals surface area contributed by atoms with Crippen molar-refractivity contribution in [3.63, 3.8) is 0 Å². The molecule has 0 aliphatic heterocycles. The number of nitrogens with zero attached hydrogens (tertiary/aromatic N) is 1. The van der Waals surface area contributed by atoms with E-state index < -0.39 is 0 Å². The second-order valence-electron chi connectivity index (χ2n) is 4.17. The van der Waals surface area contributed by atoms with Crippen LogP contribution in [-0.2, 0) is 10.5 Å². The quantitative estimate of drug-likeness (QED) is 0.907. The summed E-state index contributed by atoms with van der Waals surface area (Å²) in [5, 5.41) is 2.76. The Morgan fingerprint density at radius 3 is 2.74 bits per heavy atom. The molecule has 0 aliphatic rings. The van der Waals surface area contributed by atoms with Gasteiger partial charge in [0.25, 0.3) is 0 Å². The number of thioether (sulfide) groups is 1. The zero-order valence-corrected chi connectivity index (χ0v) is 11.6. The Morgan fingerprint density at radius 1 is 1.26 bits per heavy atom. The highest BCUT2D eigenvalue weighted by molar-refractivity contribution is 7.99. The van der Waals surface area contributed by atoms with Crippen molar-refractivity contribution in [1.29, 1.82) is 0 Å². The highest BCUT2D eigenvalue weighted by Gasteiger charge is 2.13. The molecule has 0 aliphatic carbocycles. The van der Waals surface area contributed by atoms with E-state index >= 15 is 0 Å². The Bertz CT molecular complexity index is 516. The van der Waals surface area contributed by atoms with Crippen molar-refractivity contribution in [2.45, 2.75) is 17.9 Å². The van der Waals surface area contributed by atoms with E-state index in [2.05, 4.69) is 22.4 Å². The summed E-state index contributed by atoms with van der Waals surface area (Å²) in [6.45, 7) is 1.92. The molecule has 1 atom stereocenters. The van der Waals surface area contributed by atoms with Crippen LogP contribution in [0, 0.1) is 0 Å². The van der Waals surface area contributed by atoms with Crippen LogP contribution in [0.15, 0.2) is 54.9 Å². The third-order valence-corrected chi connectivity index (χ3v) is 3.86. The molecule has 1 aromatic heterocycles. The van der Waals surface area contributed by atoms with Gasteiger partial charge in [0, 0.05) is 11.9 Å². The smallest absolute Gasteiger partial charge is 0.237 e. The molecule has 1 amide bonds. The fraction of sp³-hybridized carbons (Fsp3) is 0.200. The van der Waals surface area contributed by atoms with Gasteiger partial charge in [-0.25, -0.2) is 0 Å². The zero-order chi connectivity index (χ0) is 13.5. The molecule has 2 aromatic rings. The average molecular weight is 272 g/mol. The average Bonchev–Trinajstić information content (AvgIpc) is 2.47. The molecule has 3 nitrogen and oxygen atoms in total. The number of hydrogen-bond donors (Lipinski definition) is 1. The number of carbonyl (C=O) groups is 1. The lowest BCUT2D eigenvalue weighted by Gasteiger charge is -2.11. The molecule has 0 radical (unpaired) electrons. The van der Waals surface area contributed by atoms with E-state index in [4.69, 9.17) is 0 Å². The molecule has 0 saturated carbocycles. The van der Waals surface area contributed by atoms with Crippen molar-refractivity contribution < 1.29 is 4.79 Å². The standard InChI is InChI=1S/C15H16N2OS/c1-12(19-11-13-6-3-2-4-7-13)15(18)17-14-8-5-9-16-10-14/h2-10,12H,11H2,1H3,(H,17,18)/t12-/m1/s1. The minimum atomic E-state index is -0.0968. The third kappa shape index (κ3) is 4.41. The van der Waals surface area contributed by atoms with Gasteiger partial charge in [0.2, 0.25) is 5.91 Å². The first-order valence-electron chi connectivity index (χ1n) is 6.12. The molecular weight excluding hydrogens is 256 g/mol. The monoisotopic (exact) mass is 272 g/mol. The fourth-order valence-electron chi connectivity index (χ4n) is 1.55. The van der Waals surface area contributed by atoms with Crippen LogP contribution in [0.5, 0.6) is 0 Å².